The molecule has 0 aromatic heterocycles. The highest BCUT2D eigenvalue weighted by molar-refractivity contribution is 6.05. The lowest BCUT2D eigenvalue weighted by atomic mass is 10.0. The van der Waals surface area contributed by atoms with E-state index >= 15 is 0 Å². The van der Waals surface area contributed by atoms with Crippen LogP contribution in [-0.2, 0) is 9.63 Å². The van der Waals surface area contributed by atoms with Gasteiger partial charge >= 0.3 is 0 Å². The molecule has 132 valence electrons. The third-order valence-electron chi connectivity index (χ3n) is 4.65. The SMILES string of the molecule is N#CCOc1ccccc1C1=NOC(C(=O)NC2CCCCCC2)C1. The van der Waals surface area contributed by atoms with Crippen LogP contribution in [0, 0.1) is 11.3 Å². The number of hydrogen-bond acceptors (Lipinski definition) is 5. The maximum Gasteiger partial charge on any atom is 0.264 e. The first-order valence-corrected chi connectivity index (χ1v) is 8.90. The average molecular weight is 341 g/mol. The molecule has 6 heteroatoms. The lowest BCUT2D eigenvalue weighted by Gasteiger charge is -2.18. The number of benzene rings is 1. The fourth-order valence-corrected chi connectivity index (χ4v) is 3.34. The molecule has 0 radical (unpaired) electrons. The number of carbonyl (C=O) groups is 1. The number of nitrogens with one attached hydrogen (secondary N) is 1. The Morgan fingerprint density at radius 3 is 2.80 bits per heavy atom. The van der Waals surface area contributed by atoms with Crippen LogP contribution in [0.2, 0.25) is 0 Å². The lowest BCUT2D eigenvalue weighted by Crippen LogP contribution is -2.41. The minimum absolute atomic E-state index is 0.0310. The summed E-state index contributed by atoms with van der Waals surface area (Å²) in [7, 11) is 0. The van der Waals surface area contributed by atoms with E-state index in [1.807, 2.05) is 24.3 Å². The summed E-state index contributed by atoms with van der Waals surface area (Å²) in [6.07, 6.45) is 6.73. The maximum absolute atomic E-state index is 12.5. The Bertz CT molecular complexity index is 673. The lowest BCUT2D eigenvalue weighted by molar-refractivity contribution is -0.132. The van der Waals surface area contributed by atoms with Gasteiger partial charge < -0.3 is 14.9 Å². The molecule has 1 aliphatic carbocycles. The van der Waals surface area contributed by atoms with Crippen LogP contribution in [0.5, 0.6) is 5.75 Å². The van der Waals surface area contributed by atoms with E-state index < -0.39 is 6.10 Å². The van der Waals surface area contributed by atoms with Gasteiger partial charge in [0.25, 0.3) is 5.91 Å². The molecule has 0 saturated heterocycles. The predicted molar refractivity (Wildman–Crippen MR) is 93.2 cm³/mol. The van der Waals surface area contributed by atoms with E-state index in [-0.39, 0.29) is 18.6 Å². The normalized spacial score (nSPS) is 20.8. The monoisotopic (exact) mass is 341 g/mol. The van der Waals surface area contributed by atoms with Gasteiger partial charge in [-0.1, -0.05) is 43.0 Å². The van der Waals surface area contributed by atoms with E-state index in [9.17, 15) is 4.79 Å². The Kier molecular flexibility index (Phi) is 5.89. The molecular formula is C19H23N3O3. The largest absolute Gasteiger partial charge is 0.478 e. The summed E-state index contributed by atoms with van der Waals surface area (Å²) in [5.41, 5.74) is 1.44. The van der Waals surface area contributed by atoms with Gasteiger partial charge in [-0.3, -0.25) is 4.79 Å². The molecule has 1 atom stereocenters. The highest BCUT2D eigenvalue weighted by Gasteiger charge is 2.31. The zero-order valence-electron chi connectivity index (χ0n) is 14.2. The maximum atomic E-state index is 12.5. The summed E-state index contributed by atoms with van der Waals surface area (Å²) in [5, 5.41) is 15.9. The number of rotatable bonds is 5. The summed E-state index contributed by atoms with van der Waals surface area (Å²) in [4.78, 5) is 17.8. The number of amides is 1. The van der Waals surface area contributed by atoms with Crippen molar-refractivity contribution in [2.24, 2.45) is 5.16 Å². The first kappa shape index (κ1) is 17.3. The number of para-hydroxylation sites is 1. The van der Waals surface area contributed by atoms with Gasteiger partial charge in [0.2, 0.25) is 6.10 Å². The zero-order chi connectivity index (χ0) is 17.5. The molecule has 1 fully saturated rings. The molecule has 2 aliphatic rings. The van der Waals surface area contributed by atoms with Crippen LogP contribution >= 0.6 is 0 Å². The smallest absolute Gasteiger partial charge is 0.264 e. The van der Waals surface area contributed by atoms with E-state index in [0.717, 1.165) is 18.4 Å². The second-order valence-corrected chi connectivity index (χ2v) is 6.48. The molecule has 1 amide bonds. The van der Waals surface area contributed by atoms with Crippen molar-refractivity contribution in [2.45, 2.75) is 57.1 Å². The summed E-state index contributed by atoms with van der Waals surface area (Å²) >= 11 is 0. The van der Waals surface area contributed by atoms with Gasteiger partial charge in [0.05, 0.1) is 5.71 Å². The van der Waals surface area contributed by atoms with E-state index in [4.69, 9.17) is 14.8 Å². The highest BCUT2D eigenvalue weighted by Crippen LogP contribution is 2.25. The van der Waals surface area contributed by atoms with Gasteiger partial charge in [0.1, 0.15) is 11.8 Å². The number of nitrogens with zero attached hydrogens (tertiary/aromatic N) is 2. The second-order valence-electron chi connectivity index (χ2n) is 6.48. The first-order valence-electron chi connectivity index (χ1n) is 8.90. The predicted octanol–water partition coefficient (Wildman–Crippen LogP) is 2.92. The van der Waals surface area contributed by atoms with Crippen molar-refractivity contribution >= 4 is 11.6 Å². The molecular weight excluding hydrogens is 318 g/mol. The third kappa shape index (κ3) is 4.50. The van der Waals surface area contributed by atoms with Crippen molar-refractivity contribution in [3.05, 3.63) is 29.8 Å². The number of hydrogen-bond donors (Lipinski definition) is 1. The molecule has 1 unspecified atom stereocenters. The molecule has 0 spiro atoms. The Balaban J connectivity index is 1.59. The molecule has 1 saturated carbocycles. The van der Waals surface area contributed by atoms with E-state index in [1.165, 1.54) is 25.7 Å². The van der Waals surface area contributed by atoms with E-state index in [1.54, 1.807) is 6.07 Å². The molecule has 3 rings (SSSR count). The van der Waals surface area contributed by atoms with Crippen molar-refractivity contribution in [2.75, 3.05) is 6.61 Å². The van der Waals surface area contributed by atoms with Crippen LogP contribution in [0.1, 0.15) is 50.5 Å². The van der Waals surface area contributed by atoms with Gasteiger partial charge in [-0.25, -0.2) is 0 Å². The summed E-state index contributed by atoms with van der Waals surface area (Å²) in [6, 6.07) is 9.55. The number of ether oxygens (including phenoxy) is 1. The van der Waals surface area contributed by atoms with Crippen molar-refractivity contribution in [3.8, 4) is 11.8 Å². The fraction of sp³-hybridized carbons (Fsp3) is 0.526. The Morgan fingerprint density at radius 2 is 2.04 bits per heavy atom. The molecule has 1 aliphatic heterocycles. The van der Waals surface area contributed by atoms with Crippen molar-refractivity contribution < 1.29 is 14.4 Å². The fourth-order valence-electron chi connectivity index (χ4n) is 3.34. The standard InChI is InChI=1S/C19H23N3O3/c20-11-12-24-17-10-6-5-9-15(17)16-13-18(25-22-16)19(23)21-14-7-3-1-2-4-8-14/h5-6,9-10,14,18H,1-4,7-8,12-13H2,(H,21,23). The van der Waals surface area contributed by atoms with E-state index in [2.05, 4.69) is 10.5 Å². The van der Waals surface area contributed by atoms with Gasteiger partial charge in [-0.15, -0.1) is 0 Å². The zero-order valence-corrected chi connectivity index (χ0v) is 14.2. The van der Waals surface area contributed by atoms with Crippen molar-refractivity contribution in [3.63, 3.8) is 0 Å². The third-order valence-corrected chi connectivity index (χ3v) is 4.65. The van der Waals surface area contributed by atoms with Gasteiger partial charge in [0, 0.05) is 18.0 Å². The molecule has 6 nitrogen and oxygen atoms in total. The van der Waals surface area contributed by atoms with Gasteiger partial charge in [-0.2, -0.15) is 5.26 Å². The van der Waals surface area contributed by atoms with Crippen molar-refractivity contribution in [1.82, 2.24) is 5.32 Å². The minimum atomic E-state index is -0.595. The second kappa shape index (κ2) is 8.52. The van der Waals surface area contributed by atoms with Crippen LogP contribution in [0.25, 0.3) is 0 Å². The summed E-state index contributed by atoms with van der Waals surface area (Å²) < 4.78 is 5.43. The van der Waals surface area contributed by atoms with Gasteiger partial charge in [0.15, 0.2) is 6.61 Å². The first-order chi connectivity index (χ1) is 12.3. The molecule has 1 N–H and O–H groups in total. The van der Waals surface area contributed by atoms with Crippen LogP contribution in [0.15, 0.2) is 29.4 Å². The van der Waals surface area contributed by atoms with E-state index in [0.29, 0.717) is 17.9 Å². The Morgan fingerprint density at radius 1 is 1.28 bits per heavy atom. The van der Waals surface area contributed by atoms with Crippen molar-refractivity contribution in [1.29, 1.82) is 5.26 Å². The summed E-state index contributed by atoms with van der Waals surface area (Å²) in [5.74, 6) is 0.484. The molecule has 25 heavy (non-hydrogen) atoms. The molecule has 1 aromatic rings. The topological polar surface area (TPSA) is 83.7 Å². The highest BCUT2D eigenvalue weighted by atomic mass is 16.6. The van der Waals surface area contributed by atoms with Crippen LogP contribution < -0.4 is 10.1 Å². The molecule has 0 bridgehead atoms. The minimum Gasteiger partial charge on any atom is -0.478 e. The van der Waals surface area contributed by atoms with Crippen LogP contribution in [0.4, 0.5) is 0 Å². The molecule has 1 aromatic carbocycles. The summed E-state index contributed by atoms with van der Waals surface area (Å²) in [6.45, 7) is -0.0310. The van der Waals surface area contributed by atoms with Crippen LogP contribution in [-0.4, -0.2) is 30.4 Å². The quantitative estimate of drug-likeness (QED) is 0.835. The Labute approximate surface area is 147 Å². The number of carbonyl (C=O) groups excluding carboxylic acids is 1. The van der Waals surface area contributed by atoms with Crippen LogP contribution in [0.3, 0.4) is 0 Å². The van der Waals surface area contributed by atoms with Gasteiger partial charge in [-0.05, 0) is 25.0 Å². The number of oxime groups is 1. The average Bonchev–Trinajstić information content (AvgIpc) is 2.99. The Hall–Kier alpha value is -2.55. The molecule has 1 heterocycles. The number of nitriles is 1.